The minimum absolute atomic E-state index is 0.512. The molecule has 0 saturated carbocycles. The van der Waals surface area contributed by atoms with Gasteiger partial charge in [-0.1, -0.05) is 44.3 Å². The molecule has 0 fully saturated rings. The molecule has 0 spiro atoms. The van der Waals surface area contributed by atoms with E-state index < -0.39 is 13.9 Å². The van der Waals surface area contributed by atoms with Gasteiger partial charge in [0.1, 0.15) is 5.60 Å². The highest BCUT2D eigenvalue weighted by molar-refractivity contribution is 6.69. The molecule has 0 aromatic carbocycles. The molecule has 1 rings (SSSR count). The van der Waals surface area contributed by atoms with Gasteiger partial charge in [-0.3, -0.25) is 0 Å². The van der Waals surface area contributed by atoms with Crippen LogP contribution >= 0.6 is 0 Å². The zero-order valence-corrected chi connectivity index (χ0v) is 16.7. The third kappa shape index (κ3) is 9.99. The molecule has 1 atom stereocenters. The molecule has 1 unspecified atom stereocenters. The fourth-order valence-corrected chi connectivity index (χ4v) is 4.83. The molecular weight excluding hydrogens is 298 g/mol. The second-order valence-electron chi connectivity index (χ2n) is 8.05. The first kappa shape index (κ1) is 20.5. The van der Waals surface area contributed by atoms with Crippen molar-refractivity contribution in [2.24, 2.45) is 0 Å². The fraction of sp³-hybridized carbons (Fsp3) is 0.850. The number of nitriles is 1. The van der Waals surface area contributed by atoms with E-state index in [1.165, 1.54) is 57.8 Å². The minimum atomic E-state index is -1.69. The summed E-state index contributed by atoms with van der Waals surface area (Å²) in [4.78, 5) is 0. The van der Waals surface area contributed by atoms with Crippen LogP contribution in [0.3, 0.4) is 0 Å². The summed E-state index contributed by atoms with van der Waals surface area (Å²) in [6.45, 7) is 6.62. The van der Waals surface area contributed by atoms with E-state index in [0.29, 0.717) is 0 Å². The standard InChI is InChI=1S/C20H37NOSi/c1-23(2,3)22-20(19-21)17-15-13-11-9-7-5-4-6-8-10-12-14-16-18-20/h4-5H,6-18H2,1-3H3/b5-4+. The lowest BCUT2D eigenvalue weighted by Gasteiger charge is -2.34. The van der Waals surface area contributed by atoms with E-state index in [4.69, 9.17) is 4.43 Å². The van der Waals surface area contributed by atoms with E-state index in [9.17, 15) is 5.26 Å². The van der Waals surface area contributed by atoms with Gasteiger partial charge in [0.15, 0.2) is 8.32 Å². The molecule has 2 nitrogen and oxygen atoms in total. The summed E-state index contributed by atoms with van der Waals surface area (Å²) in [6, 6.07) is 2.58. The lowest BCUT2D eigenvalue weighted by Crippen LogP contribution is -2.42. The molecule has 0 heterocycles. The quantitative estimate of drug-likeness (QED) is 0.413. The Labute approximate surface area is 145 Å². The number of nitrogens with zero attached hydrogens (tertiary/aromatic N) is 1. The summed E-state index contributed by atoms with van der Waals surface area (Å²) >= 11 is 0. The number of hydrogen-bond donors (Lipinski definition) is 0. The van der Waals surface area contributed by atoms with Crippen LogP contribution in [0.25, 0.3) is 0 Å². The fourth-order valence-electron chi connectivity index (χ4n) is 3.41. The molecule has 0 aliphatic heterocycles. The molecule has 132 valence electrons. The van der Waals surface area contributed by atoms with Crippen molar-refractivity contribution in [2.75, 3.05) is 0 Å². The SMILES string of the molecule is C[Si](C)(C)OC1(C#N)CCCCCC/C=C/CCCCCCC1. The molecule has 3 heteroatoms. The van der Waals surface area contributed by atoms with Crippen molar-refractivity contribution >= 4 is 8.32 Å². The molecule has 0 radical (unpaired) electrons. The van der Waals surface area contributed by atoms with Gasteiger partial charge in [0.25, 0.3) is 0 Å². The van der Waals surface area contributed by atoms with E-state index in [-0.39, 0.29) is 0 Å². The van der Waals surface area contributed by atoms with Crippen molar-refractivity contribution in [2.45, 2.75) is 109 Å². The molecule has 23 heavy (non-hydrogen) atoms. The largest absolute Gasteiger partial charge is 0.400 e. The van der Waals surface area contributed by atoms with Gasteiger partial charge in [-0.05, 0) is 71.0 Å². The van der Waals surface area contributed by atoms with E-state index in [1.54, 1.807) is 0 Å². The average molecular weight is 336 g/mol. The number of hydrogen-bond acceptors (Lipinski definition) is 2. The maximum Gasteiger partial charge on any atom is 0.185 e. The summed E-state index contributed by atoms with van der Waals surface area (Å²) in [5.74, 6) is 0. The van der Waals surface area contributed by atoms with Gasteiger partial charge in [-0.25, -0.2) is 0 Å². The summed E-state index contributed by atoms with van der Waals surface area (Å²) in [7, 11) is -1.69. The topological polar surface area (TPSA) is 33.0 Å². The van der Waals surface area contributed by atoms with E-state index in [2.05, 4.69) is 37.9 Å². The monoisotopic (exact) mass is 335 g/mol. The second kappa shape index (κ2) is 11.0. The molecule has 0 bridgehead atoms. The smallest absolute Gasteiger partial charge is 0.185 e. The predicted octanol–water partition coefficient (Wildman–Crippen LogP) is 6.74. The first-order chi connectivity index (χ1) is 11.0. The summed E-state index contributed by atoms with van der Waals surface area (Å²) in [5.41, 5.74) is -0.512. The van der Waals surface area contributed by atoms with Crippen molar-refractivity contribution in [3.05, 3.63) is 12.2 Å². The highest BCUT2D eigenvalue weighted by atomic mass is 28.4. The van der Waals surface area contributed by atoms with E-state index in [1.807, 2.05) is 0 Å². The maximum atomic E-state index is 9.83. The van der Waals surface area contributed by atoms with Crippen LogP contribution in [0.5, 0.6) is 0 Å². The summed E-state index contributed by atoms with van der Waals surface area (Å²) < 4.78 is 6.39. The Morgan fingerprint density at radius 1 is 0.783 bits per heavy atom. The highest BCUT2D eigenvalue weighted by Gasteiger charge is 2.35. The molecule has 1 aliphatic rings. The lowest BCUT2D eigenvalue weighted by molar-refractivity contribution is 0.0932. The van der Waals surface area contributed by atoms with Crippen molar-refractivity contribution in [1.29, 1.82) is 5.26 Å². The van der Waals surface area contributed by atoms with Crippen molar-refractivity contribution in [3.8, 4) is 6.07 Å². The van der Waals surface area contributed by atoms with Gasteiger partial charge < -0.3 is 4.43 Å². The van der Waals surface area contributed by atoms with Crippen LogP contribution in [0.1, 0.15) is 83.5 Å². The Balaban J connectivity index is 2.61. The van der Waals surface area contributed by atoms with Gasteiger partial charge in [0.05, 0.1) is 6.07 Å². The van der Waals surface area contributed by atoms with Gasteiger partial charge in [-0.15, -0.1) is 0 Å². The minimum Gasteiger partial charge on any atom is -0.400 e. The first-order valence-electron chi connectivity index (χ1n) is 9.74. The predicted molar refractivity (Wildman–Crippen MR) is 102 cm³/mol. The van der Waals surface area contributed by atoms with Crippen molar-refractivity contribution in [3.63, 3.8) is 0 Å². The Kier molecular flexibility index (Phi) is 9.82. The van der Waals surface area contributed by atoms with E-state index >= 15 is 0 Å². The third-order valence-electron chi connectivity index (χ3n) is 4.52. The van der Waals surface area contributed by atoms with Crippen LogP contribution in [-0.4, -0.2) is 13.9 Å². The Morgan fingerprint density at radius 2 is 1.22 bits per heavy atom. The van der Waals surface area contributed by atoms with Crippen LogP contribution in [0.4, 0.5) is 0 Å². The second-order valence-corrected chi connectivity index (χ2v) is 12.5. The Bertz CT molecular complexity index is 380. The first-order valence-corrected chi connectivity index (χ1v) is 13.1. The molecule has 0 saturated heterocycles. The van der Waals surface area contributed by atoms with Crippen LogP contribution in [-0.2, 0) is 4.43 Å². The number of allylic oxidation sites excluding steroid dienone is 2. The van der Waals surface area contributed by atoms with Gasteiger partial charge in [0.2, 0.25) is 0 Å². The zero-order valence-electron chi connectivity index (χ0n) is 15.7. The third-order valence-corrected chi connectivity index (χ3v) is 5.53. The van der Waals surface area contributed by atoms with Crippen LogP contribution in [0, 0.1) is 11.3 Å². The molecule has 1 aliphatic carbocycles. The zero-order chi connectivity index (χ0) is 17.0. The highest BCUT2D eigenvalue weighted by Crippen LogP contribution is 2.30. The molecule has 0 aromatic rings. The van der Waals surface area contributed by atoms with Gasteiger partial charge in [0, 0.05) is 0 Å². The Morgan fingerprint density at radius 3 is 1.65 bits per heavy atom. The van der Waals surface area contributed by atoms with Crippen molar-refractivity contribution in [1.82, 2.24) is 0 Å². The van der Waals surface area contributed by atoms with E-state index in [0.717, 1.165) is 25.7 Å². The average Bonchev–Trinajstić information content (AvgIpc) is 2.48. The van der Waals surface area contributed by atoms with Gasteiger partial charge in [-0.2, -0.15) is 5.26 Å². The normalized spacial score (nSPS) is 27.9. The van der Waals surface area contributed by atoms with Crippen LogP contribution in [0.2, 0.25) is 19.6 Å². The molecule has 0 amide bonds. The summed E-state index contributed by atoms with van der Waals surface area (Å²) in [5, 5.41) is 9.83. The number of rotatable bonds is 2. The van der Waals surface area contributed by atoms with Crippen molar-refractivity contribution < 1.29 is 4.43 Å². The van der Waals surface area contributed by atoms with Gasteiger partial charge >= 0.3 is 0 Å². The summed E-state index contributed by atoms with van der Waals surface area (Å²) in [6.07, 6.45) is 20.2. The van der Waals surface area contributed by atoms with Crippen LogP contribution in [0.15, 0.2) is 12.2 Å². The molecule has 0 aromatic heterocycles. The Hall–Kier alpha value is -0.593. The lowest BCUT2D eigenvalue weighted by atomic mass is 9.91. The maximum absolute atomic E-state index is 9.83. The molecular formula is C20H37NOSi. The molecule has 0 N–H and O–H groups in total. The van der Waals surface area contributed by atoms with Crippen LogP contribution < -0.4 is 0 Å².